The zero-order valence-electron chi connectivity index (χ0n) is 14.0. The lowest BCUT2D eigenvalue weighted by Gasteiger charge is -2.42. The van der Waals surface area contributed by atoms with Crippen molar-refractivity contribution in [2.45, 2.75) is 45.8 Å². The van der Waals surface area contributed by atoms with E-state index in [4.69, 9.17) is 14.6 Å². The third-order valence-electron chi connectivity index (χ3n) is 4.16. The molecule has 0 saturated carbocycles. The monoisotopic (exact) mass is 325 g/mol. The largest absolute Gasteiger partial charge is 0.397 e. The van der Waals surface area contributed by atoms with Crippen molar-refractivity contribution in [1.82, 2.24) is 0 Å². The summed E-state index contributed by atoms with van der Waals surface area (Å²) in [6.45, 7) is 11.2. The molecule has 1 aromatic rings. The molecule has 1 rings (SSSR count). The van der Waals surface area contributed by atoms with Gasteiger partial charge in [0.2, 0.25) is 0 Å². The summed E-state index contributed by atoms with van der Waals surface area (Å²) in [4.78, 5) is 0. The fourth-order valence-electron chi connectivity index (χ4n) is 2.90. The molecule has 0 spiro atoms. The maximum absolute atomic E-state index is 6.37. The predicted molar refractivity (Wildman–Crippen MR) is 95.7 cm³/mol. The predicted octanol–water partition coefficient (Wildman–Crippen LogP) is 2.93. The van der Waals surface area contributed by atoms with Gasteiger partial charge in [-0.25, -0.2) is 0 Å². The molecular formula is C16H31NO2Si2. The number of rotatable bonds is 10. The Bertz CT molecular complexity index is 393. The SMILES string of the molecule is CCO[Si](CCCCN)(OCC)[Si](C)(C)c1ccccc1. The van der Waals surface area contributed by atoms with Crippen molar-refractivity contribution in [3.63, 3.8) is 0 Å². The molecule has 0 unspecified atom stereocenters. The zero-order valence-corrected chi connectivity index (χ0v) is 16.0. The van der Waals surface area contributed by atoms with Crippen LogP contribution in [0.3, 0.4) is 0 Å². The molecular weight excluding hydrogens is 294 g/mol. The minimum Gasteiger partial charge on any atom is -0.397 e. The van der Waals surface area contributed by atoms with Gasteiger partial charge in [-0.3, -0.25) is 0 Å². The first-order valence-corrected chi connectivity index (χ1v) is 14.1. The highest BCUT2D eigenvalue weighted by atomic mass is 29.3. The van der Waals surface area contributed by atoms with Crippen molar-refractivity contribution in [2.24, 2.45) is 5.73 Å². The first-order valence-electron chi connectivity index (χ1n) is 8.07. The molecule has 0 bridgehead atoms. The van der Waals surface area contributed by atoms with E-state index in [1.54, 1.807) is 0 Å². The molecule has 0 fully saturated rings. The Morgan fingerprint density at radius 1 is 0.952 bits per heavy atom. The lowest BCUT2D eigenvalue weighted by Crippen LogP contribution is -2.69. The first kappa shape index (κ1) is 18.6. The minimum atomic E-state index is -2.22. The van der Waals surface area contributed by atoms with E-state index in [0.717, 1.165) is 38.6 Å². The van der Waals surface area contributed by atoms with Gasteiger partial charge in [0, 0.05) is 13.2 Å². The summed E-state index contributed by atoms with van der Waals surface area (Å²) in [5, 5.41) is 1.44. The fraction of sp³-hybridized carbons (Fsp3) is 0.625. The Kier molecular flexibility index (Phi) is 7.83. The Labute approximate surface area is 131 Å². The van der Waals surface area contributed by atoms with Gasteiger partial charge in [-0.2, -0.15) is 0 Å². The van der Waals surface area contributed by atoms with Gasteiger partial charge in [0.25, 0.3) is 0 Å². The third-order valence-corrected chi connectivity index (χ3v) is 18.6. The highest BCUT2D eigenvalue weighted by molar-refractivity contribution is 7.41. The van der Waals surface area contributed by atoms with Crippen molar-refractivity contribution in [2.75, 3.05) is 19.8 Å². The van der Waals surface area contributed by atoms with E-state index >= 15 is 0 Å². The molecule has 0 aliphatic rings. The molecule has 120 valence electrons. The van der Waals surface area contributed by atoms with E-state index in [1.807, 2.05) is 0 Å². The summed E-state index contributed by atoms with van der Waals surface area (Å²) in [7, 11) is -4.02. The molecule has 0 aliphatic heterocycles. The molecule has 0 aliphatic carbocycles. The van der Waals surface area contributed by atoms with E-state index in [0.29, 0.717) is 0 Å². The summed E-state index contributed by atoms with van der Waals surface area (Å²) < 4.78 is 12.7. The molecule has 1 aromatic carbocycles. The summed E-state index contributed by atoms with van der Waals surface area (Å²) in [6.07, 6.45) is 2.15. The topological polar surface area (TPSA) is 44.5 Å². The zero-order chi connectivity index (χ0) is 15.8. The maximum Gasteiger partial charge on any atom is 0.321 e. The van der Waals surface area contributed by atoms with E-state index in [1.165, 1.54) is 5.19 Å². The Morgan fingerprint density at radius 3 is 2.00 bits per heavy atom. The summed E-state index contributed by atoms with van der Waals surface area (Å²) in [5.74, 6) is 0. The average molecular weight is 326 g/mol. The van der Waals surface area contributed by atoms with Crippen LogP contribution >= 0.6 is 0 Å². The maximum atomic E-state index is 6.37. The molecule has 0 aromatic heterocycles. The van der Waals surface area contributed by atoms with Gasteiger partial charge in [0.05, 0.1) is 0 Å². The van der Waals surface area contributed by atoms with Gasteiger partial charge >= 0.3 is 8.08 Å². The summed E-state index contributed by atoms with van der Waals surface area (Å²) in [6, 6.07) is 11.9. The highest BCUT2D eigenvalue weighted by Gasteiger charge is 2.53. The van der Waals surface area contributed by atoms with Gasteiger partial charge < -0.3 is 14.6 Å². The van der Waals surface area contributed by atoms with Crippen LogP contribution in [0.15, 0.2) is 30.3 Å². The Hall–Kier alpha value is -0.466. The lowest BCUT2D eigenvalue weighted by molar-refractivity contribution is 0.199. The van der Waals surface area contributed by atoms with E-state index in [9.17, 15) is 0 Å². The van der Waals surface area contributed by atoms with Gasteiger partial charge in [0.1, 0.15) is 7.59 Å². The quantitative estimate of drug-likeness (QED) is 0.531. The second kappa shape index (κ2) is 8.85. The molecule has 0 saturated heterocycles. The molecule has 5 heteroatoms. The number of nitrogens with two attached hydrogens (primary N) is 1. The lowest BCUT2D eigenvalue weighted by atomic mass is 10.3. The van der Waals surface area contributed by atoms with Crippen LogP contribution in [0.25, 0.3) is 0 Å². The molecule has 0 heterocycles. The van der Waals surface area contributed by atoms with E-state index in [-0.39, 0.29) is 0 Å². The molecule has 2 N–H and O–H groups in total. The second-order valence-corrected chi connectivity index (χ2v) is 18.3. The van der Waals surface area contributed by atoms with Crippen LogP contribution in [0.1, 0.15) is 26.7 Å². The standard InChI is InChI=1S/C16H31NO2Si2/c1-5-18-21(19-6-2,15-11-10-14-17)20(3,4)16-12-8-7-9-13-16/h7-9,12-13H,5-6,10-11,14-15,17H2,1-4H3. The molecule has 0 radical (unpaired) electrons. The summed E-state index contributed by atoms with van der Waals surface area (Å²) >= 11 is 0. The fourth-order valence-corrected chi connectivity index (χ4v) is 15.0. The van der Waals surface area contributed by atoms with E-state index < -0.39 is 15.7 Å². The van der Waals surface area contributed by atoms with Crippen LogP contribution in [-0.4, -0.2) is 35.4 Å². The first-order chi connectivity index (χ1) is 10.0. The van der Waals surface area contributed by atoms with Crippen molar-refractivity contribution in [3.05, 3.63) is 30.3 Å². The van der Waals surface area contributed by atoms with E-state index in [2.05, 4.69) is 57.3 Å². The minimum absolute atomic E-state index is 0.734. The van der Waals surface area contributed by atoms with Gasteiger partial charge in [0.15, 0.2) is 0 Å². The molecule has 0 amide bonds. The van der Waals surface area contributed by atoms with Crippen LogP contribution in [0.2, 0.25) is 19.1 Å². The smallest absolute Gasteiger partial charge is 0.321 e. The number of unbranched alkanes of at least 4 members (excludes halogenated alkanes) is 1. The number of benzene rings is 1. The van der Waals surface area contributed by atoms with Crippen molar-refractivity contribution >= 4 is 20.9 Å². The summed E-state index contributed by atoms with van der Waals surface area (Å²) in [5.41, 5.74) is 5.67. The van der Waals surface area contributed by atoms with Crippen LogP contribution in [-0.2, 0) is 8.85 Å². The van der Waals surface area contributed by atoms with Crippen LogP contribution in [0, 0.1) is 0 Å². The second-order valence-electron chi connectivity index (χ2n) is 5.86. The molecule has 21 heavy (non-hydrogen) atoms. The average Bonchev–Trinajstić information content (AvgIpc) is 2.48. The normalized spacial score (nSPS) is 12.6. The van der Waals surface area contributed by atoms with Gasteiger partial charge in [-0.15, -0.1) is 0 Å². The highest BCUT2D eigenvalue weighted by Crippen LogP contribution is 2.28. The molecule has 3 nitrogen and oxygen atoms in total. The molecule has 0 atom stereocenters. The van der Waals surface area contributed by atoms with Gasteiger partial charge in [-0.1, -0.05) is 55.0 Å². The Balaban J connectivity index is 3.12. The number of hydrogen-bond acceptors (Lipinski definition) is 3. The van der Waals surface area contributed by atoms with Crippen molar-refractivity contribution in [3.8, 4) is 0 Å². The number of hydrogen-bond donors (Lipinski definition) is 1. The Morgan fingerprint density at radius 2 is 1.52 bits per heavy atom. The van der Waals surface area contributed by atoms with Crippen LogP contribution < -0.4 is 10.9 Å². The third kappa shape index (κ3) is 4.50. The van der Waals surface area contributed by atoms with Gasteiger partial charge in [-0.05, 0) is 32.9 Å². The van der Waals surface area contributed by atoms with Crippen LogP contribution in [0.4, 0.5) is 0 Å². The van der Waals surface area contributed by atoms with Crippen molar-refractivity contribution < 1.29 is 8.85 Å². The van der Waals surface area contributed by atoms with Crippen LogP contribution in [0.5, 0.6) is 0 Å². The van der Waals surface area contributed by atoms with Crippen molar-refractivity contribution in [1.29, 1.82) is 0 Å².